The summed E-state index contributed by atoms with van der Waals surface area (Å²) in [4.78, 5) is 17.2. The number of benzene rings is 3. The molecule has 3 aromatic rings. The third-order valence-electron chi connectivity index (χ3n) is 6.25. The van der Waals surface area contributed by atoms with Gasteiger partial charge in [-0.1, -0.05) is 30.3 Å². The van der Waals surface area contributed by atoms with Crippen molar-refractivity contribution in [2.45, 2.75) is 6.54 Å². The van der Waals surface area contributed by atoms with Gasteiger partial charge in [0.25, 0.3) is 0 Å². The maximum absolute atomic E-state index is 13.0. The zero-order chi connectivity index (χ0) is 21.9. The Bertz CT molecular complexity index is 1040. The Morgan fingerprint density at radius 3 is 2.06 bits per heavy atom. The first-order valence-electron chi connectivity index (χ1n) is 11.0. The summed E-state index contributed by atoms with van der Waals surface area (Å²) < 4.78 is 18.7. The van der Waals surface area contributed by atoms with Gasteiger partial charge in [-0.25, -0.2) is 9.18 Å². The largest absolute Gasteiger partial charge is 0.457 e. The zero-order valence-electron chi connectivity index (χ0n) is 17.8. The van der Waals surface area contributed by atoms with E-state index in [1.807, 2.05) is 23.1 Å². The smallest absolute Gasteiger partial charge is 0.321 e. The van der Waals surface area contributed by atoms with Gasteiger partial charge in [0.2, 0.25) is 0 Å². The molecule has 0 aliphatic carbocycles. The van der Waals surface area contributed by atoms with Crippen molar-refractivity contribution in [2.24, 2.45) is 11.8 Å². The molecule has 2 heterocycles. The van der Waals surface area contributed by atoms with Crippen molar-refractivity contribution in [2.75, 3.05) is 31.5 Å². The number of carbonyl (C=O) groups is 1. The van der Waals surface area contributed by atoms with Crippen molar-refractivity contribution in [3.05, 3.63) is 90.2 Å². The van der Waals surface area contributed by atoms with Crippen LogP contribution in [0.3, 0.4) is 0 Å². The van der Waals surface area contributed by atoms with Crippen LogP contribution in [0.4, 0.5) is 14.9 Å². The lowest BCUT2D eigenvalue weighted by Gasteiger charge is -2.22. The first kappa shape index (κ1) is 20.5. The predicted octanol–water partition coefficient (Wildman–Crippen LogP) is 5.21. The van der Waals surface area contributed by atoms with Crippen molar-refractivity contribution >= 4 is 11.7 Å². The fourth-order valence-electron chi connectivity index (χ4n) is 4.67. The summed E-state index contributed by atoms with van der Waals surface area (Å²) in [6.07, 6.45) is 0. The molecule has 1 N–H and O–H groups in total. The van der Waals surface area contributed by atoms with Crippen molar-refractivity contribution in [3.8, 4) is 11.5 Å². The second-order valence-corrected chi connectivity index (χ2v) is 8.62. The molecule has 2 saturated heterocycles. The molecule has 6 heteroatoms. The lowest BCUT2D eigenvalue weighted by molar-refractivity contribution is 0.212. The number of nitrogens with zero attached hydrogens (tertiary/aromatic N) is 2. The van der Waals surface area contributed by atoms with Crippen LogP contribution in [-0.4, -0.2) is 42.0 Å². The van der Waals surface area contributed by atoms with E-state index < -0.39 is 0 Å². The molecule has 164 valence electrons. The summed E-state index contributed by atoms with van der Waals surface area (Å²) in [7, 11) is 0. The van der Waals surface area contributed by atoms with Gasteiger partial charge in [0.15, 0.2) is 0 Å². The molecule has 32 heavy (non-hydrogen) atoms. The standard InChI is InChI=1S/C26H26FN3O2/c27-22-6-10-24(11-7-22)32-25-12-8-23(9-13-25)28-26(31)30-17-20-15-29(16-21(20)18-30)14-19-4-2-1-3-5-19/h1-13,20-21H,14-18H2,(H,28,31). The summed E-state index contributed by atoms with van der Waals surface area (Å²) in [6, 6.07) is 23.6. The number of nitrogens with one attached hydrogen (secondary N) is 1. The van der Waals surface area contributed by atoms with Gasteiger partial charge in [-0.2, -0.15) is 0 Å². The van der Waals surface area contributed by atoms with Crippen LogP contribution < -0.4 is 10.1 Å². The number of fused-ring (bicyclic) bond motifs is 1. The van der Waals surface area contributed by atoms with E-state index in [0.717, 1.165) is 38.4 Å². The third-order valence-corrected chi connectivity index (χ3v) is 6.25. The minimum atomic E-state index is -0.301. The number of likely N-dealkylation sites (tertiary alicyclic amines) is 2. The number of anilines is 1. The number of amides is 2. The van der Waals surface area contributed by atoms with Crippen molar-refractivity contribution in [3.63, 3.8) is 0 Å². The summed E-state index contributed by atoms with van der Waals surface area (Å²) in [6.45, 7) is 4.66. The average Bonchev–Trinajstić information content (AvgIpc) is 3.36. The Balaban J connectivity index is 1.11. The van der Waals surface area contributed by atoms with Gasteiger partial charge in [0.05, 0.1) is 0 Å². The number of halogens is 1. The molecule has 0 saturated carbocycles. The van der Waals surface area contributed by atoms with Crippen molar-refractivity contribution in [1.82, 2.24) is 9.80 Å². The highest BCUT2D eigenvalue weighted by molar-refractivity contribution is 5.89. The molecule has 2 amide bonds. The molecule has 0 radical (unpaired) electrons. The molecular formula is C26H26FN3O2. The third kappa shape index (κ3) is 4.75. The molecule has 2 atom stereocenters. The number of urea groups is 1. The van der Waals surface area contributed by atoms with E-state index >= 15 is 0 Å². The molecule has 2 unspecified atom stereocenters. The topological polar surface area (TPSA) is 44.8 Å². The lowest BCUT2D eigenvalue weighted by atomic mass is 10.0. The number of ether oxygens (including phenoxy) is 1. The molecule has 3 aromatic carbocycles. The molecule has 2 aliphatic heterocycles. The minimum Gasteiger partial charge on any atom is -0.457 e. The van der Waals surface area contributed by atoms with Gasteiger partial charge < -0.3 is 15.0 Å². The summed E-state index contributed by atoms with van der Waals surface area (Å²) in [5, 5.41) is 2.99. The van der Waals surface area contributed by atoms with Gasteiger partial charge in [-0.05, 0) is 65.9 Å². The van der Waals surface area contributed by atoms with E-state index in [1.54, 1.807) is 24.3 Å². The second kappa shape index (κ2) is 9.01. The Morgan fingerprint density at radius 1 is 0.844 bits per heavy atom. The van der Waals surface area contributed by atoms with Crippen LogP contribution >= 0.6 is 0 Å². The van der Waals surface area contributed by atoms with E-state index in [1.165, 1.54) is 17.7 Å². The van der Waals surface area contributed by atoms with E-state index in [2.05, 4.69) is 34.5 Å². The molecule has 5 rings (SSSR count). The second-order valence-electron chi connectivity index (χ2n) is 8.62. The monoisotopic (exact) mass is 431 g/mol. The maximum atomic E-state index is 13.0. The molecule has 0 aromatic heterocycles. The molecule has 2 aliphatic rings. The van der Waals surface area contributed by atoms with Crippen molar-refractivity contribution in [1.29, 1.82) is 0 Å². The average molecular weight is 432 g/mol. The first-order chi connectivity index (χ1) is 15.6. The van der Waals surface area contributed by atoms with Gasteiger partial charge >= 0.3 is 6.03 Å². The molecule has 2 fully saturated rings. The number of carbonyl (C=O) groups excluding carboxylic acids is 1. The first-order valence-corrected chi connectivity index (χ1v) is 11.0. The predicted molar refractivity (Wildman–Crippen MR) is 122 cm³/mol. The summed E-state index contributed by atoms with van der Waals surface area (Å²) in [5.41, 5.74) is 2.07. The minimum absolute atomic E-state index is 0.0544. The molecule has 0 bridgehead atoms. The summed E-state index contributed by atoms with van der Waals surface area (Å²) in [5.74, 6) is 1.97. The zero-order valence-corrected chi connectivity index (χ0v) is 17.8. The fourth-order valence-corrected chi connectivity index (χ4v) is 4.67. The van der Waals surface area contributed by atoms with Crippen LogP contribution in [0, 0.1) is 17.7 Å². The van der Waals surface area contributed by atoms with Gasteiger partial charge in [-0.3, -0.25) is 4.90 Å². The number of hydrogen-bond acceptors (Lipinski definition) is 3. The van der Waals surface area contributed by atoms with E-state index in [9.17, 15) is 9.18 Å². The van der Waals surface area contributed by atoms with Crippen LogP contribution in [-0.2, 0) is 6.54 Å². The van der Waals surface area contributed by atoms with Gasteiger partial charge in [0, 0.05) is 38.4 Å². The number of rotatable bonds is 5. The van der Waals surface area contributed by atoms with Crippen LogP contribution in [0.25, 0.3) is 0 Å². The highest BCUT2D eigenvalue weighted by Crippen LogP contribution is 2.32. The van der Waals surface area contributed by atoms with E-state index in [-0.39, 0.29) is 11.8 Å². The lowest BCUT2D eigenvalue weighted by Crippen LogP contribution is -2.36. The maximum Gasteiger partial charge on any atom is 0.321 e. The fraction of sp³-hybridized carbons (Fsp3) is 0.269. The SMILES string of the molecule is O=C(Nc1ccc(Oc2ccc(F)cc2)cc1)N1CC2CN(Cc3ccccc3)CC2C1. The highest BCUT2D eigenvalue weighted by Gasteiger charge is 2.41. The Kier molecular flexibility index (Phi) is 5.77. The van der Waals surface area contributed by atoms with Crippen LogP contribution in [0.2, 0.25) is 0 Å². The quantitative estimate of drug-likeness (QED) is 0.603. The normalized spacial score (nSPS) is 20.2. The summed E-state index contributed by atoms with van der Waals surface area (Å²) >= 11 is 0. The Morgan fingerprint density at radius 2 is 1.44 bits per heavy atom. The Hall–Kier alpha value is -3.38. The Labute approximate surface area is 187 Å². The molecule has 5 nitrogen and oxygen atoms in total. The van der Waals surface area contributed by atoms with Crippen LogP contribution in [0.15, 0.2) is 78.9 Å². The van der Waals surface area contributed by atoms with E-state index in [4.69, 9.17) is 4.74 Å². The van der Waals surface area contributed by atoms with Crippen molar-refractivity contribution < 1.29 is 13.9 Å². The van der Waals surface area contributed by atoms with Gasteiger partial charge in [-0.15, -0.1) is 0 Å². The highest BCUT2D eigenvalue weighted by atomic mass is 19.1. The van der Waals surface area contributed by atoms with Crippen LogP contribution in [0.1, 0.15) is 5.56 Å². The number of hydrogen-bond donors (Lipinski definition) is 1. The molecule has 0 spiro atoms. The van der Waals surface area contributed by atoms with Gasteiger partial charge in [0.1, 0.15) is 17.3 Å². The molecular weight excluding hydrogens is 405 g/mol. The van der Waals surface area contributed by atoms with Crippen LogP contribution in [0.5, 0.6) is 11.5 Å². The van der Waals surface area contributed by atoms with E-state index in [0.29, 0.717) is 23.3 Å².